The van der Waals surface area contributed by atoms with Crippen molar-refractivity contribution in [2.24, 2.45) is 11.1 Å². The third kappa shape index (κ3) is 3.43. The van der Waals surface area contributed by atoms with Crippen molar-refractivity contribution >= 4 is 33.5 Å². The van der Waals surface area contributed by atoms with Crippen LogP contribution in [0.5, 0.6) is 0 Å². The summed E-state index contributed by atoms with van der Waals surface area (Å²) in [5.74, 6) is -1.47. The van der Waals surface area contributed by atoms with Crippen LogP contribution in [0.2, 0.25) is 5.02 Å². The van der Waals surface area contributed by atoms with Gasteiger partial charge in [0.25, 0.3) is 0 Å². The molecule has 6 heteroatoms. The zero-order valence-corrected chi connectivity index (χ0v) is 12.3. The standard InChI is InChI=1S/C12H14BrClFNO2/c1-12(2,11(17)18)5-10(16)6-3-8(14)7(13)4-9(6)15/h3-4,10H,5,16H2,1-2H3,(H,17,18). The quantitative estimate of drug-likeness (QED) is 0.822. The van der Waals surface area contributed by atoms with E-state index in [1.807, 2.05) is 0 Å². The fourth-order valence-electron chi connectivity index (χ4n) is 1.57. The molecule has 0 aliphatic carbocycles. The molecule has 1 rings (SSSR count). The van der Waals surface area contributed by atoms with Gasteiger partial charge in [-0.05, 0) is 48.3 Å². The van der Waals surface area contributed by atoms with Crippen molar-refractivity contribution in [2.45, 2.75) is 26.3 Å². The Bertz CT molecular complexity index is 479. The molecule has 1 unspecified atom stereocenters. The van der Waals surface area contributed by atoms with Crippen LogP contribution < -0.4 is 5.73 Å². The molecular formula is C12H14BrClFNO2. The number of hydrogen-bond donors (Lipinski definition) is 2. The SMILES string of the molecule is CC(C)(CC(N)c1cc(Cl)c(Br)cc1F)C(=O)O. The lowest BCUT2D eigenvalue weighted by Crippen LogP contribution is -2.29. The number of nitrogens with two attached hydrogens (primary N) is 1. The molecule has 0 saturated carbocycles. The number of rotatable bonds is 4. The van der Waals surface area contributed by atoms with E-state index >= 15 is 0 Å². The van der Waals surface area contributed by atoms with Gasteiger partial charge >= 0.3 is 5.97 Å². The van der Waals surface area contributed by atoms with Crippen LogP contribution in [0, 0.1) is 11.2 Å². The van der Waals surface area contributed by atoms with E-state index in [1.165, 1.54) is 12.1 Å². The van der Waals surface area contributed by atoms with E-state index in [1.54, 1.807) is 13.8 Å². The zero-order chi connectivity index (χ0) is 14.1. The first-order valence-electron chi connectivity index (χ1n) is 5.28. The molecule has 1 aromatic carbocycles. The van der Waals surface area contributed by atoms with Crippen LogP contribution in [-0.4, -0.2) is 11.1 Å². The van der Waals surface area contributed by atoms with Crippen LogP contribution in [0.3, 0.4) is 0 Å². The third-order valence-electron chi connectivity index (χ3n) is 2.75. The highest BCUT2D eigenvalue weighted by Gasteiger charge is 2.31. The van der Waals surface area contributed by atoms with Crippen molar-refractivity contribution in [3.63, 3.8) is 0 Å². The topological polar surface area (TPSA) is 63.3 Å². The van der Waals surface area contributed by atoms with Gasteiger partial charge in [-0.2, -0.15) is 0 Å². The van der Waals surface area contributed by atoms with Crippen molar-refractivity contribution in [2.75, 3.05) is 0 Å². The fourth-order valence-corrected chi connectivity index (χ4v) is 2.06. The monoisotopic (exact) mass is 337 g/mol. The zero-order valence-electron chi connectivity index (χ0n) is 10.0. The summed E-state index contributed by atoms with van der Waals surface area (Å²) >= 11 is 8.99. The number of hydrogen-bond acceptors (Lipinski definition) is 2. The molecule has 0 aliphatic heterocycles. The molecule has 0 aromatic heterocycles. The van der Waals surface area contributed by atoms with Crippen LogP contribution in [0.1, 0.15) is 31.9 Å². The maximum Gasteiger partial charge on any atom is 0.309 e. The first-order valence-corrected chi connectivity index (χ1v) is 6.45. The summed E-state index contributed by atoms with van der Waals surface area (Å²) < 4.78 is 14.2. The van der Waals surface area contributed by atoms with E-state index in [0.717, 1.165) is 0 Å². The summed E-state index contributed by atoms with van der Waals surface area (Å²) in [5.41, 5.74) is 5.06. The minimum absolute atomic E-state index is 0.122. The van der Waals surface area contributed by atoms with Gasteiger partial charge in [0.05, 0.1) is 10.4 Å². The smallest absolute Gasteiger partial charge is 0.309 e. The first-order chi connectivity index (χ1) is 8.15. The van der Waals surface area contributed by atoms with E-state index < -0.39 is 23.2 Å². The van der Waals surface area contributed by atoms with Gasteiger partial charge in [-0.1, -0.05) is 11.6 Å². The first kappa shape index (κ1) is 15.4. The van der Waals surface area contributed by atoms with Gasteiger partial charge < -0.3 is 10.8 Å². The van der Waals surface area contributed by atoms with Crippen LogP contribution in [0.15, 0.2) is 16.6 Å². The number of carboxylic acids is 1. The van der Waals surface area contributed by atoms with Gasteiger partial charge in [0, 0.05) is 16.1 Å². The van der Waals surface area contributed by atoms with Crippen LogP contribution in [0.25, 0.3) is 0 Å². The van der Waals surface area contributed by atoms with Gasteiger partial charge in [0.15, 0.2) is 0 Å². The highest BCUT2D eigenvalue weighted by atomic mass is 79.9. The lowest BCUT2D eigenvalue weighted by atomic mass is 9.84. The van der Waals surface area contributed by atoms with E-state index in [4.69, 9.17) is 22.4 Å². The van der Waals surface area contributed by atoms with E-state index in [-0.39, 0.29) is 12.0 Å². The Morgan fingerprint density at radius 1 is 1.61 bits per heavy atom. The highest BCUT2D eigenvalue weighted by molar-refractivity contribution is 9.10. The van der Waals surface area contributed by atoms with Gasteiger partial charge in [-0.15, -0.1) is 0 Å². The maximum absolute atomic E-state index is 13.7. The Morgan fingerprint density at radius 2 is 2.17 bits per heavy atom. The molecule has 0 heterocycles. The maximum atomic E-state index is 13.7. The number of carbonyl (C=O) groups is 1. The summed E-state index contributed by atoms with van der Waals surface area (Å²) in [6, 6.07) is 1.93. The fraction of sp³-hybridized carbons (Fsp3) is 0.417. The molecule has 0 bridgehead atoms. The van der Waals surface area contributed by atoms with Crippen molar-refractivity contribution in [3.05, 3.63) is 33.0 Å². The number of carboxylic acid groups (broad SMARTS) is 1. The molecule has 0 saturated heterocycles. The van der Waals surface area contributed by atoms with E-state index in [9.17, 15) is 9.18 Å². The molecule has 0 spiro atoms. The summed E-state index contributed by atoms with van der Waals surface area (Å²) in [4.78, 5) is 11.0. The molecule has 3 nitrogen and oxygen atoms in total. The van der Waals surface area contributed by atoms with Crippen molar-refractivity contribution in [3.8, 4) is 0 Å². The molecular weight excluding hydrogens is 324 g/mol. The Hall–Kier alpha value is -0.650. The van der Waals surface area contributed by atoms with Crippen LogP contribution in [-0.2, 0) is 4.79 Å². The van der Waals surface area contributed by atoms with Crippen molar-refractivity contribution < 1.29 is 14.3 Å². The van der Waals surface area contributed by atoms with Crippen LogP contribution in [0.4, 0.5) is 4.39 Å². The minimum Gasteiger partial charge on any atom is -0.481 e. The Labute approximate surface area is 118 Å². The Morgan fingerprint density at radius 3 is 2.67 bits per heavy atom. The lowest BCUT2D eigenvalue weighted by molar-refractivity contribution is -0.147. The van der Waals surface area contributed by atoms with Crippen molar-refractivity contribution in [1.82, 2.24) is 0 Å². The molecule has 0 aliphatic rings. The predicted octanol–water partition coefficient (Wildman–Crippen LogP) is 3.74. The second kappa shape index (κ2) is 5.55. The summed E-state index contributed by atoms with van der Waals surface area (Å²) in [5, 5.41) is 9.36. The largest absolute Gasteiger partial charge is 0.481 e. The average molecular weight is 339 g/mol. The second-order valence-corrected chi connectivity index (χ2v) is 6.05. The van der Waals surface area contributed by atoms with E-state index in [2.05, 4.69) is 15.9 Å². The van der Waals surface area contributed by atoms with Crippen molar-refractivity contribution in [1.29, 1.82) is 0 Å². The summed E-state index contributed by atoms with van der Waals surface area (Å²) in [6.07, 6.45) is 0.122. The average Bonchev–Trinajstić information content (AvgIpc) is 2.22. The molecule has 0 amide bonds. The normalized spacial score (nSPS) is 13.4. The molecule has 0 radical (unpaired) electrons. The Kier molecular flexibility index (Phi) is 4.75. The molecule has 18 heavy (non-hydrogen) atoms. The highest BCUT2D eigenvalue weighted by Crippen LogP contribution is 2.33. The summed E-state index contributed by atoms with van der Waals surface area (Å²) in [7, 11) is 0. The molecule has 1 atom stereocenters. The van der Waals surface area contributed by atoms with E-state index in [0.29, 0.717) is 9.50 Å². The lowest BCUT2D eigenvalue weighted by Gasteiger charge is -2.24. The number of aliphatic carboxylic acids is 1. The van der Waals surface area contributed by atoms with Gasteiger partial charge in [-0.3, -0.25) is 4.79 Å². The molecule has 100 valence electrons. The van der Waals surface area contributed by atoms with Gasteiger partial charge in [0.2, 0.25) is 0 Å². The molecule has 1 aromatic rings. The number of halogens is 3. The Balaban J connectivity index is 3.01. The third-order valence-corrected chi connectivity index (χ3v) is 3.95. The minimum atomic E-state index is -1.02. The van der Waals surface area contributed by atoms with Gasteiger partial charge in [0.1, 0.15) is 5.82 Å². The van der Waals surface area contributed by atoms with Crippen LogP contribution >= 0.6 is 27.5 Å². The second-order valence-electron chi connectivity index (χ2n) is 4.79. The molecule has 3 N–H and O–H groups in total. The number of benzene rings is 1. The molecule has 0 fully saturated rings. The predicted molar refractivity (Wildman–Crippen MR) is 72.1 cm³/mol. The van der Waals surface area contributed by atoms with Gasteiger partial charge in [-0.25, -0.2) is 4.39 Å². The summed E-state index contributed by atoms with van der Waals surface area (Å²) in [6.45, 7) is 3.10.